The molecular formula is C18H18N2O5. The van der Waals surface area contributed by atoms with Gasteiger partial charge in [0, 0.05) is 0 Å². The Morgan fingerprint density at radius 3 is 2.52 bits per heavy atom. The van der Waals surface area contributed by atoms with Crippen molar-refractivity contribution >= 4 is 11.8 Å². The maximum absolute atomic E-state index is 12.0. The summed E-state index contributed by atoms with van der Waals surface area (Å²) in [5.41, 5.74) is 4.67. The zero-order valence-corrected chi connectivity index (χ0v) is 13.4. The third kappa shape index (κ3) is 4.63. The Balaban J connectivity index is 1.38. The van der Waals surface area contributed by atoms with Gasteiger partial charge in [-0.25, -0.2) is 0 Å². The molecular weight excluding hydrogens is 324 g/mol. The molecule has 0 bridgehead atoms. The predicted molar refractivity (Wildman–Crippen MR) is 89.2 cm³/mol. The van der Waals surface area contributed by atoms with Crippen molar-refractivity contribution in [3.05, 3.63) is 54.6 Å². The number of carbonyl (C=O) groups is 2. The third-order valence-electron chi connectivity index (χ3n) is 3.47. The first kappa shape index (κ1) is 16.6. The Bertz CT molecular complexity index is 735. The van der Waals surface area contributed by atoms with Gasteiger partial charge in [-0.3, -0.25) is 20.4 Å². The Morgan fingerprint density at radius 1 is 1.00 bits per heavy atom. The molecule has 0 radical (unpaired) electrons. The Morgan fingerprint density at radius 2 is 1.72 bits per heavy atom. The molecule has 0 aliphatic carbocycles. The van der Waals surface area contributed by atoms with Crippen LogP contribution in [0.1, 0.15) is 6.42 Å². The van der Waals surface area contributed by atoms with Crippen LogP contribution in [0.3, 0.4) is 0 Å². The topological polar surface area (TPSA) is 85.9 Å². The molecule has 0 spiro atoms. The molecule has 25 heavy (non-hydrogen) atoms. The molecule has 2 amide bonds. The lowest BCUT2D eigenvalue weighted by atomic mass is 10.2. The molecule has 130 valence electrons. The van der Waals surface area contributed by atoms with Crippen LogP contribution in [0.4, 0.5) is 0 Å². The van der Waals surface area contributed by atoms with E-state index in [9.17, 15) is 9.59 Å². The number of carbonyl (C=O) groups excluding carboxylic acids is 2. The van der Waals surface area contributed by atoms with Gasteiger partial charge in [-0.05, 0) is 24.3 Å². The van der Waals surface area contributed by atoms with Gasteiger partial charge < -0.3 is 14.2 Å². The predicted octanol–water partition coefficient (Wildman–Crippen LogP) is 1.44. The lowest BCUT2D eigenvalue weighted by Gasteiger charge is -2.25. The van der Waals surface area contributed by atoms with Crippen LogP contribution < -0.4 is 25.1 Å². The number of para-hydroxylation sites is 3. The van der Waals surface area contributed by atoms with E-state index in [1.807, 2.05) is 24.3 Å². The average molecular weight is 342 g/mol. The largest absolute Gasteiger partial charge is 0.493 e. The number of hydrogen-bond acceptors (Lipinski definition) is 5. The smallest absolute Gasteiger partial charge is 0.283 e. The molecule has 3 rings (SSSR count). The van der Waals surface area contributed by atoms with Gasteiger partial charge in [-0.1, -0.05) is 30.3 Å². The first-order valence-corrected chi connectivity index (χ1v) is 7.87. The van der Waals surface area contributed by atoms with Crippen LogP contribution in [0.5, 0.6) is 17.2 Å². The van der Waals surface area contributed by atoms with Crippen molar-refractivity contribution in [2.75, 3.05) is 13.2 Å². The van der Waals surface area contributed by atoms with Crippen LogP contribution in [-0.2, 0) is 9.59 Å². The SMILES string of the molecule is O=C(CCOc1ccccc1)NNC(=O)[C@H]1COc2ccccc2O1. The van der Waals surface area contributed by atoms with Crippen molar-refractivity contribution in [1.29, 1.82) is 0 Å². The summed E-state index contributed by atoms with van der Waals surface area (Å²) in [5.74, 6) is 0.934. The molecule has 1 atom stereocenters. The van der Waals surface area contributed by atoms with E-state index in [2.05, 4.69) is 10.9 Å². The highest BCUT2D eigenvalue weighted by Gasteiger charge is 2.27. The van der Waals surface area contributed by atoms with E-state index in [0.29, 0.717) is 17.2 Å². The molecule has 0 aromatic heterocycles. The molecule has 0 saturated heterocycles. The minimum atomic E-state index is -0.823. The van der Waals surface area contributed by atoms with Crippen molar-refractivity contribution in [3.63, 3.8) is 0 Å². The van der Waals surface area contributed by atoms with Crippen LogP contribution in [0.25, 0.3) is 0 Å². The summed E-state index contributed by atoms with van der Waals surface area (Å²) in [6.07, 6.45) is -0.712. The summed E-state index contributed by atoms with van der Waals surface area (Å²) in [7, 11) is 0. The number of ether oxygens (including phenoxy) is 3. The molecule has 2 aromatic carbocycles. The molecule has 7 nitrogen and oxygen atoms in total. The van der Waals surface area contributed by atoms with E-state index in [0.717, 1.165) is 0 Å². The molecule has 7 heteroatoms. The maximum Gasteiger partial charge on any atom is 0.283 e. The quantitative estimate of drug-likeness (QED) is 0.803. The zero-order valence-electron chi connectivity index (χ0n) is 13.4. The molecule has 1 heterocycles. The van der Waals surface area contributed by atoms with Gasteiger partial charge >= 0.3 is 0 Å². The fourth-order valence-electron chi connectivity index (χ4n) is 2.20. The van der Waals surface area contributed by atoms with Crippen LogP contribution in [0.2, 0.25) is 0 Å². The number of fused-ring (bicyclic) bond motifs is 1. The zero-order chi connectivity index (χ0) is 17.5. The highest BCUT2D eigenvalue weighted by atomic mass is 16.6. The molecule has 1 aliphatic rings. The summed E-state index contributed by atoms with van der Waals surface area (Å²) in [6, 6.07) is 16.3. The standard InChI is InChI=1S/C18H18N2O5/c21-17(10-11-23-13-6-2-1-3-7-13)19-20-18(22)16-12-24-14-8-4-5-9-15(14)25-16/h1-9,16H,10-12H2,(H,19,21)(H,20,22)/t16-/m1/s1. The van der Waals surface area contributed by atoms with Gasteiger partial charge in [0.2, 0.25) is 12.0 Å². The number of amides is 2. The van der Waals surface area contributed by atoms with Gasteiger partial charge in [-0.2, -0.15) is 0 Å². The summed E-state index contributed by atoms with van der Waals surface area (Å²) in [4.78, 5) is 23.8. The first-order chi connectivity index (χ1) is 12.2. The first-order valence-electron chi connectivity index (χ1n) is 7.87. The molecule has 0 fully saturated rings. The highest BCUT2D eigenvalue weighted by molar-refractivity contribution is 5.85. The number of nitrogens with one attached hydrogen (secondary N) is 2. The van der Waals surface area contributed by atoms with E-state index < -0.39 is 12.0 Å². The van der Waals surface area contributed by atoms with Gasteiger partial charge in [-0.15, -0.1) is 0 Å². The molecule has 2 N–H and O–H groups in total. The van der Waals surface area contributed by atoms with E-state index in [1.54, 1.807) is 30.3 Å². The summed E-state index contributed by atoms with van der Waals surface area (Å²) >= 11 is 0. The maximum atomic E-state index is 12.0. The monoisotopic (exact) mass is 342 g/mol. The second kappa shape index (κ2) is 8.05. The van der Waals surface area contributed by atoms with E-state index >= 15 is 0 Å². The van der Waals surface area contributed by atoms with E-state index in [1.165, 1.54) is 0 Å². The minimum Gasteiger partial charge on any atom is -0.493 e. The number of hydrogen-bond donors (Lipinski definition) is 2. The van der Waals surface area contributed by atoms with Gasteiger partial charge in [0.15, 0.2) is 11.5 Å². The van der Waals surface area contributed by atoms with E-state index in [4.69, 9.17) is 14.2 Å². The Kier molecular flexibility index (Phi) is 5.36. The lowest BCUT2D eigenvalue weighted by Crippen LogP contribution is -2.51. The molecule has 1 aliphatic heterocycles. The van der Waals surface area contributed by atoms with Gasteiger partial charge in [0.25, 0.3) is 5.91 Å². The van der Waals surface area contributed by atoms with Crippen molar-refractivity contribution in [1.82, 2.24) is 10.9 Å². The Hall–Kier alpha value is -3.22. The van der Waals surface area contributed by atoms with Crippen molar-refractivity contribution in [2.45, 2.75) is 12.5 Å². The average Bonchev–Trinajstić information content (AvgIpc) is 2.66. The third-order valence-corrected chi connectivity index (χ3v) is 3.47. The van der Waals surface area contributed by atoms with Crippen LogP contribution in [-0.4, -0.2) is 31.1 Å². The summed E-state index contributed by atoms with van der Waals surface area (Å²) in [6.45, 7) is 0.290. The normalized spacial score (nSPS) is 15.1. The van der Waals surface area contributed by atoms with Crippen LogP contribution >= 0.6 is 0 Å². The summed E-state index contributed by atoms with van der Waals surface area (Å²) < 4.78 is 16.4. The minimum absolute atomic E-state index is 0.0792. The number of hydrazine groups is 1. The Labute approximate surface area is 144 Å². The number of benzene rings is 2. The lowest BCUT2D eigenvalue weighted by molar-refractivity contribution is -0.135. The molecule has 0 saturated carbocycles. The molecule has 0 unspecified atom stereocenters. The second-order valence-electron chi connectivity index (χ2n) is 5.31. The number of rotatable bonds is 5. The van der Waals surface area contributed by atoms with Crippen LogP contribution in [0, 0.1) is 0 Å². The van der Waals surface area contributed by atoms with Crippen molar-refractivity contribution < 1.29 is 23.8 Å². The van der Waals surface area contributed by atoms with Gasteiger partial charge in [0.1, 0.15) is 12.4 Å². The molecule has 2 aromatic rings. The fourth-order valence-corrected chi connectivity index (χ4v) is 2.20. The highest BCUT2D eigenvalue weighted by Crippen LogP contribution is 2.30. The van der Waals surface area contributed by atoms with Crippen molar-refractivity contribution in [2.24, 2.45) is 0 Å². The fraction of sp³-hybridized carbons (Fsp3) is 0.222. The summed E-state index contributed by atoms with van der Waals surface area (Å²) in [5, 5.41) is 0. The van der Waals surface area contributed by atoms with Crippen molar-refractivity contribution in [3.8, 4) is 17.2 Å². The van der Waals surface area contributed by atoms with Crippen LogP contribution in [0.15, 0.2) is 54.6 Å². The second-order valence-corrected chi connectivity index (χ2v) is 5.31. The van der Waals surface area contributed by atoms with E-state index in [-0.39, 0.29) is 25.5 Å². The van der Waals surface area contributed by atoms with Gasteiger partial charge in [0.05, 0.1) is 13.0 Å².